The second-order valence-electron chi connectivity index (χ2n) is 6.72. The fourth-order valence-electron chi connectivity index (χ4n) is 3.72. The lowest BCUT2D eigenvalue weighted by Crippen LogP contribution is -2.41. The summed E-state index contributed by atoms with van der Waals surface area (Å²) in [4.78, 5) is 18.0. The first kappa shape index (κ1) is 18.2. The van der Waals surface area contributed by atoms with Gasteiger partial charge in [-0.15, -0.1) is 0 Å². The number of hydrogen-bond acceptors (Lipinski definition) is 2. The molecule has 1 atom stereocenters. The Kier molecular flexibility index (Phi) is 5.02. The molecule has 1 amide bonds. The SMILES string of the molecule is CCCOC(=O)N1CCc2c([nH]c3ccc(Cl)cc23)C1c1ccc(Cl)cc1. The molecule has 6 heteroatoms. The third-order valence-electron chi connectivity index (χ3n) is 4.94. The molecular weight excluding hydrogens is 383 g/mol. The molecule has 2 aromatic carbocycles. The first-order valence-electron chi connectivity index (χ1n) is 9.07. The summed E-state index contributed by atoms with van der Waals surface area (Å²) >= 11 is 12.3. The number of carbonyl (C=O) groups excluding carboxylic acids is 1. The summed E-state index contributed by atoms with van der Waals surface area (Å²) in [5, 5.41) is 2.48. The standard InChI is InChI=1S/C21H20Cl2N2O2/c1-2-11-27-21(26)25-10-9-16-17-12-15(23)7-8-18(17)24-19(16)20(25)13-3-5-14(22)6-4-13/h3-8,12,20,24H,2,9-11H2,1H3. The molecule has 1 aromatic heterocycles. The zero-order valence-electron chi connectivity index (χ0n) is 15.0. The Bertz CT molecular complexity index is 982. The van der Waals surface area contributed by atoms with Crippen molar-refractivity contribution in [2.75, 3.05) is 13.2 Å². The van der Waals surface area contributed by atoms with Crippen LogP contribution >= 0.6 is 23.2 Å². The van der Waals surface area contributed by atoms with Crippen molar-refractivity contribution in [2.24, 2.45) is 0 Å². The lowest BCUT2D eigenvalue weighted by Gasteiger charge is -2.35. The van der Waals surface area contributed by atoms with Gasteiger partial charge in [-0.3, -0.25) is 4.90 Å². The summed E-state index contributed by atoms with van der Waals surface area (Å²) in [6.45, 7) is 2.99. The molecule has 0 spiro atoms. The summed E-state index contributed by atoms with van der Waals surface area (Å²) < 4.78 is 5.44. The number of benzene rings is 2. The van der Waals surface area contributed by atoms with Gasteiger partial charge in [-0.2, -0.15) is 0 Å². The molecule has 27 heavy (non-hydrogen) atoms. The van der Waals surface area contributed by atoms with Crippen LogP contribution in [0.5, 0.6) is 0 Å². The molecule has 0 radical (unpaired) electrons. The second-order valence-corrected chi connectivity index (χ2v) is 7.59. The van der Waals surface area contributed by atoms with Gasteiger partial charge >= 0.3 is 6.09 Å². The molecule has 0 saturated heterocycles. The van der Waals surface area contributed by atoms with Crippen molar-refractivity contribution in [3.63, 3.8) is 0 Å². The van der Waals surface area contributed by atoms with Crippen LogP contribution in [0.25, 0.3) is 10.9 Å². The molecule has 140 valence electrons. The Morgan fingerprint density at radius 2 is 1.93 bits per heavy atom. The average molecular weight is 403 g/mol. The highest BCUT2D eigenvalue weighted by molar-refractivity contribution is 6.31. The third-order valence-corrected chi connectivity index (χ3v) is 5.43. The highest BCUT2D eigenvalue weighted by atomic mass is 35.5. The van der Waals surface area contributed by atoms with Gasteiger partial charge in [-0.25, -0.2) is 4.79 Å². The van der Waals surface area contributed by atoms with Gasteiger partial charge in [0, 0.05) is 33.2 Å². The Morgan fingerprint density at radius 1 is 1.19 bits per heavy atom. The van der Waals surface area contributed by atoms with E-state index in [1.807, 2.05) is 49.4 Å². The number of H-pyrrole nitrogens is 1. The Labute approximate surface area is 168 Å². The lowest BCUT2D eigenvalue weighted by molar-refractivity contribution is 0.0889. The molecule has 1 unspecified atom stereocenters. The Balaban J connectivity index is 1.83. The molecule has 4 nitrogen and oxygen atoms in total. The van der Waals surface area contributed by atoms with Crippen LogP contribution in [-0.4, -0.2) is 29.1 Å². The molecule has 1 aliphatic heterocycles. The number of ether oxygens (including phenoxy) is 1. The van der Waals surface area contributed by atoms with E-state index in [0.29, 0.717) is 23.2 Å². The van der Waals surface area contributed by atoms with E-state index in [1.165, 1.54) is 5.56 Å². The predicted molar refractivity (Wildman–Crippen MR) is 109 cm³/mol. The Morgan fingerprint density at radius 3 is 2.67 bits per heavy atom. The van der Waals surface area contributed by atoms with E-state index >= 15 is 0 Å². The zero-order valence-corrected chi connectivity index (χ0v) is 16.5. The average Bonchev–Trinajstić information content (AvgIpc) is 3.04. The van der Waals surface area contributed by atoms with Crippen molar-refractivity contribution < 1.29 is 9.53 Å². The van der Waals surface area contributed by atoms with E-state index in [9.17, 15) is 4.79 Å². The minimum absolute atomic E-state index is 0.249. The predicted octanol–water partition coefficient (Wildman–Crippen LogP) is 5.97. The number of aromatic nitrogens is 1. The minimum Gasteiger partial charge on any atom is -0.449 e. The van der Waals surface area contributed by atoms with Crippen molar-refractivity contribution in [1.29, 1.82) is 0 Å². The Hall–Kier alpha value is -2.17. The number of rotatable bonds is 3. The van der Waals surface area contributed by atoms with Crippen molar-refractivity contribution in [3.8, 4) is 0 Å². The number of aromatic amines is 1. The van der Waals surface area contributed by atoms with Crippen LogP contribution in [0.3, 0.4) is 0 Å². The molecule has 1 aliphatic rings. The summed E-state index contributed by atoms with van der Waals surface area (Å²) in [5.74, 6) is 0. The molecule has 0 saturated carbocycles. The van der Waals surface area contributed by atoms with Gasteiger partial charge in [0.05, 0.1) is 6.61 Å². The largest absolute Gasteiger partial charge is 0.449 e. The van der Waals surface area contributed by atoms with Gasteiger partial charge in [0.2, 0.25) is 0 Å². The van der Waals surface area contributed by atoms with Gasteiger partial charge in [-0.1, -0.05) is 42.3 Å². The molecule has 0 aliphatic carbocycles. The maximum Gasteiger partial charge on any atom is 0.410 e. The van der Waals surface area contributed by atoms with Crippen LogP contribution in [0.2, 0.25) is 10.0 Å². The van der Waals surface area contributed by atoms with Gasteiger partial charge in [0.1, 0.15) is 6.04 Å². The molecule has 2 heterocycles. The van der Waals surface area contributed by atoms with Crippen LogP contribution in [0, 0.1) is 0 Å². The van der Waals surface area contributed by atoms with Crippen LogP contribution in [0.1, 0.15) is 36.2 Å². The van der Waals surface area contributed by atoms with E-state index in [-0.39, 0.29) is 12.1 Å². The van der Waals surface area contributed by atoms with Gasteiger partial charge in [-0.05, 0) is 54.3 Å². The summed E-state index contributed by atoms with van der Waals surface area (Å²) in [6.07, 6.45) is 1.25. The number of nitrogens with zero attached hydrogens (tertiary/aromatic N) is 1. The second kappa shape index (κ2) is 7.45. The first-order valence-corrected chi connectivity index (χ1v) is 9.83. The molecule has 4 rings (SSSR count). The van der Waals surface area contributed by atoms with E-state index in [1.54, 1.807) is 4.90 Å². The summed E-state index contributed by atoms with van der Waals surface area (Å²) in [6, 6.07) is 13.2. The maximum atomic E-state index is 12.7. The van der Waals surface area contributed by atoms with E-state index in [2.05, 4.69) is 4.98 Å². The van der Waals surface area contributed by atoms with E-state index in [0.717, 1.165) is 35.0 Å². The van der Waals surface area contributed by atoms with Gasteiger partial charge in [0.25, 0.3) is 0 Å². The number of amides is 1. The highest BCUT2D eigenvalue weighted by Gasteiger charge is 2.35. The summed E-state index contributed by atoms with van der Waals surface area (Å²) in [7, 11) is 0. The normalized spacial score (nSPS) is 16.4. The fraction of sp³-hybridized carbons (Fsp3) is 0.286. The molecule has 0 fully saturated rings. The molecule has 0 bridgehead atoms. The smallest absolute Gasteiger partial charge is 0.410 e. The lowest BCUT2D eigenvalue weighted by atomic mass is 9.93. The monoisotopic (exact) mass is 402 g/mol. The van der Waals surface area contributed by atoms with Crippen molar-refractivity contribution in [1.82, 2.24) is 9.88 Å². The topological polar surface area (TPSA) is 45.3 Å². The number of carbonyl (C=O) groups is 1. The first-order chi connectivity index (χ1) is 13.1. The number of hydrogen-bond donors (Lipinski definition) is 1. The molecular formula is C21H20Cl2N2O2. The van der Waals surface area contributed by atoms with E-state index < -0.39 is 0 Å². The van der Waals surface area contributed by atoms with Gasteiger partial charge in [0.15, 0.2) is 0 Å². The van der Waals surface area contributed by atoms with Crippen LogP contribution in [0.15, 0.2) is 42.5 Å². The summed E-state index contributed by atoms with van der Waals surface area (Å²) in [5.41, 5.74) is 4.22. The quantitative estimate of drug-likeness (QED) is 0.586. The third kappa shape index (κ3) is 3.40. The van der Waals surface area contributed by atoms with Crippen molar-refractivity contribution in [2.45, 2.75) is 25.8 Å². The molecule has 3 aromatic rings. The van der Waals surface area contributed by atoms with Gasteiger partial charge < -0.3 is 9.72 Å². The number of fused-ring (bicyclic) bond motifs is 3. The van der Waals surface area contributed by atoms with Crippen molar-refractivity contribution >= 4 is 40.2 Å². The van der Waals surface area contributed by atoms with Crippen LogP contribution in [-0.2, 0) is 11.2 Å². The van der Waals surface area contributed by atoms with Crippen molar-refractivity contribution in [3.05, 3.63) is 69.3 Å². The maximum absolute atomic E-state index is 12.7. The number of nitrogens with one attached hydrogen (secondary N) is 1. The van der Waals surface area contributed by atoms with Crippen LogP contribution in [0.4, 0.5) is 4.79 Å². The van der Waals surface area contributed by atoms with E-state index in [4.69, 9.17) is 27.9 Å². The molecule has 1 N–H and O–H groups in total. The minimum atomic E-state index is -0.292. The zero-order chi connectivity index (χ0) is 19.0. The highest BCUT2D eigenvalue weighted by Crippen LogP contribution is 2.39. The number of halogens is 2. The fourth-order valence-corrected chi connectivity index (χ4v) is 4.02. The van der Waals surface area contributed by atoms with Crippen LogP contribution < -0.4 is 0 Å².